The Labute approximate surface area is 171 Å². The number of carbonyl (C=O) groups excluding carboxylic acids is 2. The number of amides is 1. The van der Waals surface area contributed by atoms with Gasteiger partial charge in [-0.1, -0.05) is 30.3 Å². The molecule has 5 nitrogen and oxygen atoms in total. The van der Waals surface area contributed by atoms with Crippen molar-refractivity contribution in [1.82, 2.24) is 5.32 Å². The van der Waals surface area contributed by atoms with Gasteiger partial charge < -0.3 is 14.5 Å². The number of furan rings is 1. The standard InChI is InChI=1S/C24H27NO4/c1-16-11-21-20(14-28-22(21)12-17(16)2)13-24(27)29-15-23(26)25-18(3)9-10-19-7-5-4-6-8-19/h4-8,11-12,14,18H,9-10,13,15H2,1-3H3,(H,25,26)/t18-/m1/s1. The van der Waals surface area contributed by atoms with E-state index in [-0.39, 0.29) is 25.0 Å². The first-order valence-corrected chi connectivity index (χ1v) is 9.88. The zero-order valence-electron chi connectivity index (χ0n) is 17.2. The molecule has 5 heteroatoms. The molecule has 0 radical (unpaired) electrons. The highest BCUT2D eigenvalue weighted by molar-refractivity contribution is 5.87. The molecule has 2 aromatic carbocycles. The third-order valence-corrected chi connectivity index (χ3v) is 5.09. The Morgan fingerprint density at radius 2 is 1.83 bits per heavy atom. The molecule has 152 valence electrons. The summed E-state index contributed by atoms with van der Waals surface area (Å²) in [4.78, 5) is 24.2. The Morgan fingerprint density at radius 3 is 2.59 bits per heavy atom. The van der Waals surface area contributed by atoms with E-state index < -0.39 is 5.97 Å². The SMILES string of the molecule is Cc1cc2occ(CC(=O)OCC(=O)N[C@H](C)CCc3ccccc3)c2cc1C. The minimum Gasteiger partial charge on any atom is -0.464 e. The van der Waals surface area contributed by atoms with Crippen molar-refractivity contribution >= 4 is 22.8 Å². The molecule has 1 N–H and O–H groups in total. The molecule has 0 aliphatic carbocycles. The third kappa shape index (κ3) is 5.70. The molecule has 3 aromatic rings. The van der Waals surface area contributed by atoms with Crippen LogP contribution in [0.2, 0.25) is 0 Å². The summed E-state index contributed by atoms with van der Waals surface area (Å²) in [6, 6.07) is 14.1. The maximum absolute atomic E-state index is 12.2. The summed E-state index contributed by atoms with van der Waals surface area (Å²) in [6.07, 6.45) is 3.36. The van der Waals surface area contributed by atoms with Crippen molar-refractivity contribution < 1.29 is 18.7 Å². The minimum atomic E-state index is -0.446. The first-order valence-electron chi connectivity index (χ1n) is 9.88. The van der Waals surface area contributed by atoms with Crippen LogP contribution in [-0.2, 0) is 27.2 Å². The first kappa shape index (κ1) is 20.6. The van der Waals surface area contributed by atoms with Crippen LogP contribution >= 0.6 is 0 Å². The van der Waals surface area contributed by atoms with Gasteiger partial charge in [0.05, 0.1) is 12.7 Å². The molecule has 0 fully saturated rings. The van der Waals surface area contributed by atoms with Crippen molar-refractivity contribution in [3.05, 3.63) is 71.0 Å². The second kappa shape index (κ2) is 9.41. The van der Waals surface area contributed by atoms with Gasteiger partial charge in [-0.2, -0.15) is 0 Å². The largest absolute Gasteiger partial charge is 0.464 e. The van der Waals surface area contributed by atoms with Crippen LogP contribution in [0.25, 0.3) is 11.0 Å². The van der Waals surface area contributed by atoms with Gasteiger partial charge >= 0.3 is 5.97 Å². The number of ether oxygens (including phenoxy) is 1. The Kier molecular flexibility index (Phi) is 6.70. The van der Waals surface area contributed by atoms with Crippen LogP contribution in [0.1, 0.15) is 35.6 Å². The van der Waals surface area contributed by atoms with Crippen molar-refractivity contribution in [2.45, 2.75) is 46.1 Å². The maximum atomic E-state index is 12.2. The topological polar surface area (TPSA) is 68.5 Å². The second-order valence-corrected chi connectivity index (χ2v) is 7.52. The van der Waals surface area contributed by atoms with E-state index in [4.69, 9.17) is 9.15 Å². The van der Waals surface area contributed by atoms with E-state index in [2.05, 4.69) is 17.4 Å². The Balaban J connectivity index is 1.44. The van der Waals surface area contributed by atoms with Crippen LogP contribution in [0.3, 0.4) is 0 Å². The number of esters is 1. The van der Waals surface area contributed by atoms with Crippen LogP contribution in [0.5, 0.6) is 0 Å². The van der Waals surface area contributed by atoms with Gasteiger partial charge in [-0.3, -0.25) is 9.59 Å². The molecular weight excluding hydrogens is 366 g/mol. The molecule has 1 heterocycles. The van der Waals surface area contributed by atoms with E-state index in [1.54, 1.807) is 6.26 Å². The molecule has 0 spiro atoms. The Morgan fingerprint density at radius 1 is 1.10 bits per heavy atom. The van der Waals surface area contributed by atoms with Gasteiger partial charge in [0, 0.05) is 17.0 Å². The molecule has 1 aromatic heterocycles. The monoisotopic (exact) mass is 393 g/mol. The summed E-state index contributed by atoms with van der Waals surface area (Å²) in [5.74, 6) is -0.736. The number of aryl methyl sites for hydroxylation is 3. The molecule has 0 aliphatic heterocycles. The van der Waals surface area contributed by atoms with E-state index >= 15 is 0 Å². The molecule has 0 bridgehead atoms. The number of hydrogen-bond donors (Lipinski definition) is 1. The van der Waals surface area contributed by atoms with Crippen LogP contribution in [0, 0.1) is 13.8 Å². The van der Waals surface area contributed by atoms with Crippen molar-refractivity contribution in [3.63, 3.8) is 0 Å². The van der Waals surface area contributed by atoms with Gasteiger partial charge in [-0.15, -0.1) is 0 Å². The van der Waals surface area contributed by atoms with E-state index in [1.165, 1.54) is 5.56 Å². The lowest BCUT2D eigenvalue weighted by atomic mass is 10.0. The van der Waals surface area contributed by atoms with Crippen LogP contribution in [-0.4, -0.2) is 24.5 Å². The van der Waals surface area contributed by atoms with E-state index in [9.17, 15) is 9.59 Å². The molecule has 1 amide bonds. The number of fused-ring (bicyclic) bond motifs is 1. The summed E-state index contributed by atoms with van der Waals surface area (Å²) >= 11 is 0. The predicted octanol–water partition coefficient (Wildman–Crippen LogP) is 4.27. The first-order chi connectivity index (χ1) is 13.9. The van der Waals surface area contributed by atoms with Gasteiger partial charge in [-0.25, -0.2) is 0 Å². The highest BCUT2D eigenvalue weighted by Crippen LogP contribution is 2.25. The number of nitrogens with one attached hydrogen (secondary N) is 1. The normalized spacial score (nSPS) is 12.0. The van der Waals surface area contributed by atoms with Crippen molar-refractivity contribution in [3.8, 4) is 0 Å². The molecule has 0 saturated heterocycles. The third-order valence-electron chi connectivity index (χ3n) is 5.09. The zero-order chi connectivity index (χ0) is 20.8. The minimum absolute atomic E-state index is 0.00504. The second-order valence-electron chi connectivity index (χ2n) is 7.52. The number of hydrogen-bond acceptors (Lipinski definition) is 4. The smallest absolute Gasteiger partial charge is 0.310 e. The van der Waals surface area contributed by atoms with Gasteiger partial charge in [0.25, 0.3) is 5.91 Å². The molecule has 0 unspecified atom stereocenters. The van der Waals surface area contributed by atoms with Crippen molar-refractivity contribution in [1.29, 1.82) is 0 Å². The van der Waals surface area contributed by atoms with Crippen LogP contribution in [0.4, 0.5) is 0 Å². The Hall–Kier alpha value is -3.08. The number of carbonyl (C=O) groups is 2. The average molecular weight is 393 g/mol. The highest BCUT2D eigenvalue weighted by Gasteiger charge is 2.15. The highest BCUT2D eigenvalue weighted by atomic mass is 16.5. The van der Waals surface area contributed by atoms with Crippen molar-refractivity contribution in [2.75, 3.05) is 6.61 Å². The summed E-state index contributed by atoms with van der Waals surface area (Å²) in [5, 5.41) is 3.78. The summed E-state index contributed by atoms with van der Waals surface area (Å²) in [6.45, 7) is 5.71. The summed E-state index contributed by atoms with van der Waals surface area (Å²) in [5.41, 5.74) is 5.03. The van der Waals surface area contributed by atoms with E-state index in [0.29, 0.717) is 0 Å². The summed E-state index contributed by atoms with van der Waals surface area (Å²) < 4.78 is 10.7. The van der Waals surface area contributed by atoms with Crippen molar-refractivity contribution in [2.24, 2.45) is 0 Å². The fraction of sp³-hybridized carbons (Fsp3) is 0.333. The fourth-order valence-corrected chi connectivity index (χ4v) is 3.24. The predicted molar refractivity (Wildman–Crippen MR) is 113 cm³/mol. The molecule has 1 atom stereocenters. The van der Waals surface area contributed by atoms with Gasteiger partial charge in [0.1, 0.15) is 5.58 Å². The molecule has 29 heavy (non-hydrogen) atoms. The zero-order valence-corrected chi connectivity index (χ0v) is 17.2. The van der Waals surface area contributed by atoms with E-state index in [0.717, 1.165) is 40.5 Å². The summed E-state index contributed by atoms with van der Waals surface area (Å²) in [7, 11) is 0. The lowest BCUT2D eigenvalue weighted by Crippen LogP contribution is -2.36. The van der Waals surface area contributed by atoms with Crippen LogP contribution < -0.4 is 5.32 Å². The van der Waals surface area contributed by atoms with E-state index in [1.807, 2.05) is 51.1 Å². The van der Waals surface area contributed by atoms with Gasteiger partial charge in [0.2, 0.25) is 0 Å². The lowest BCUT2D eigenvalue weighted by Gasteiger charge is -2.14. The molecule has 0 aliphatic rings. The van der Waals surface area contributed by atoms with Gasteiger partial charge in [0.15, 0.2) is 6.61 Å². The van der Waals surface area contributed by atoms with Crippen LogP contribution in [0.15, 0.2) is 53.1 Å². The fourth-order valence-electron chi connectivity index (χ4n) is 3.24. The molecule has 3 rings (SSSR count). The maximum Gasteiger partial charge on any atom is 0.310 e. The average Bonchev–Trinajstić information content (AvgIpc) is 3.07. The Bertz CT molecular complexity index is 991. The molecule has 0 saturated carbocycles. The lowest BCUT2D eigenvalue weighted by molar-refractivity contribution is -0.148. The van der Waals surface area contributed by atoms with Gasteiger partial charge in [-0.05, 0) is 62.4 Å². The quantitative estimate of drug-likeness (QED) is 0.580. The molecular formula is C24H27NO4. The number of rotatable bonds is 8. The number of benzene rings is 2.